The van der Waals surface area contributed by atoms with Crippen LogP contribution in [0.1, 0.15) is 18.7 Å². The van der Waals surface area contributed by atoms with Gasteiger partial charge in [-0.25, -0.2) is 13.2 Å². The van der Waals surface area contributed by atoms with Crippen molar-refractivity contribution in [3.05, 3.63) is 36.1 Å². The number of nitrogens with zero attached hydrogens (tertiary/aromatic N) is 1. The zero-order valence-corrected chi connectivity index (χ0v) is 13.1. The van der Waals surface area contributed by atoms with Gasteiger partial charge >= 0.3 is 6.03 Å². The van der Waals surface area contributed by atoms with Gasteiger partial charge in [0, 0.05) is 18.5 Å². The van der Waals surface area contributed by atoms with Crippen LogP contribution in [0.15, 0.2) is 34.7 Å². The smallest absolute Gasteiger partial charge is 0.318 e. The number of carbonyl (C=O) groups is 1. The summed E-state index contributed by atoms with van der Waals surface area (Å²) in [5.41, 5.74) is 0.780. The molecule has 2 amide bonds. The van der Waals surface area contributed by atoms with Crippen molar-refractivity contribution in [2.24, 2.45) is 0 Å². The molecule has 2 aromatic rings. The predicted octanol–water partition coefficient (Wildman–Crippen LogP) is 1.93. The molecule has 1 aliphatic rings. The molecule has 1 aromatic carbocycles. The molecule has 7 heteroatoms. The molecule has 1 saturated heterocycles. The van der Waals surface area contributed by atoms with E-state index in [1.54, 1.807) is 0 Å². The van der Waals surface area contributed by atoms with E-state index < -0.39 is 9.84 Å². The number of benzene rings is 1. The van der Waals surface area contributed by atoms with E-state index in [0.29, 0.717) is 5.76 Å². The summed E-state index contributed by atoms with van der Waals surface area (Å²) in [6.45, 7) is 2.32. The van der Waals surface area contributed by atoms with Gasteiger partial charge in [0.2, 0.25) is 0 Å². The lowest BCUT2D eigenvalue weighted by atomic mass is 10.2. The van der Waals surface area contributed by atoms with Crippen LogP contribution < -0.4 is 5.32 Å². The Morgan fingerprint density at radius 3 is 2.64 bits per heavy atom. The number of carbonyl (C=O) groups excluding carboxylic acids is 1. The highest BCUT2D eigenvalue weighted by atomic mass is 32.2. The number of fused-ring (bicyclic) bond motifs is 1. The number of urea groups is 1. The molecule has 0 bridgehead atoms. The zero-order chi connectivity index (χ0) is 15.7. The van der Waals surface area contributed by atoms with Crippen molar-refractivity contribution in [2.75, 3.05) is 24.6 Å². The molecule has 0 aliphatic carbocycles. The number of para-hydroxylation sites is 1. The average molecular weight is 322 g/mol. The maximum Gasteiger partial charge on any atom is 0.318 e. The second kappa shape index (κ2) is 5.64. The quantitative estimate of drug-likeness (QED) is 0.916. The van der Waals surface area contributed by atoms with Gasteiger partial charge in [0.05, 0.1) is 17.5 Å². The van der Waals surface area contributed by atoms with Crippen LogP contribution in [0, 0.1) is 0 Å². The Morgan fingerprint density at radius 2 is 1.95 bits per heavy atom. The van der Waals surface area contributed by atoms with Gasteiger partial charge < -0.3 is 14.6 Å². The minimum absolute atomic E-state index is 0.0272. The van der Waals surface area contributed by atoms with Gasteiger partial charge in [0.25, 0.3) is 0 Å². The Hall–Kier alpha value is -2.02. The second-order valence-electron chi connectivity index (χ2n) is 5.50. The van der Waals surface area contributed by atoms with Crippen LogP contribution in [0.25, 0.3) is 11.0 Å². The zero-order valence-electron chi connectivity index (χ0n) is 12.3. The molecular weight excluding hydrogens is 304 g/mol. The molecule has 1 aromatic heterocycles. The van der Waals surface area contributed by atoms with Gasteiger partial charge in [-0.3, -0.25) is 0 Å². The van der Waals surface area contributed by atoms with E-state index in [2.05, 4.69) is 5.32 Å². The fourth-order valence-electron chi connectivity index (χ4n) is 2.48. The molecule has 1 atom stereocenters. The minimum Gasteiger partial charge on any atom is -0.459 e. The molecular formula is C15H18N2O4S. The lowest BCUT2D eigenvalue weighted by Gasteiger charge is -2.28. The number of rotatable bonds is 2. The summed E-state index contributed by atoms with van der Waals surface area (Å²) in [6.07, 6.45) is 0. The van der Waals surface area contributed by atoms with Gasteiger partial charge in [-0.2, -0.15) is 0 Å². The molecule has 1 fully saturated rings. The second-order valence-corrected chi connectivity index (χ2v) is 7.80. The van der Waals surface area contributed by atoms with Crippen molar-refractivity contribution in [3.63, 3.8) is 0 Å². The highest BCUT2D eigenvalue weighted by Crippen LogP contribution is 2.23. The normalized spacial score (nSPS) is 19.0. The van der Waals surface area contributed by atoms with Crippen LogP contribution in [0.2, 0.25) is 0 Å². The SMILES string of the molecule is CC(NC(=O)N1CCS(=O)(=O)CC1)c1cc2ccccc2o1. The monoisotopic (exact) mass is 322 g/mol. The fraction of sp³-hybridized carbons (Fsp3) is 0.400. The maximum atomic E-state index is 12.2. The summed E-state index contributed by atoms with van der Waals surface area (Å²) in [7, 11) is -2.99. The van der Waals surface area contributed by atoms with E-state index in [1.165, 1.54) is 4.90 Å². The first kappa shape index (κ1) is 14.9. The van der Waals surface area contributed by atoms with Crippen LogP contribution in [0.5, 0.6) is 0 Å². The van der Waals surface area contributed by atoms with Crippen LogP contribution >= 0.6 is 0 Å². The van der Waals surface area contributed by atoms with E-state index in [1.807, 2.05) is 37.3 Å². The molecule has 1 unspecified atom stereocenters. The number of amides is 2. The third kappa shape index (κ3) is 3.09. The molecule has 3 rings (SSSR count). The van der Waals surface area contributed by atoms with Crippen molar-refractivity contribution in [2.45, 2.75) is 13.0 Å². The topological polar surface area (TPSA) is 79.6 Å². The molecule has 0 spiro atoms. The lowest BCUT2D eigenvalue weighted by Crippen LogP contribution is -2.48. The van der Waals surface area contributed by atoms with Gasteiger partial charge in [0.15, 0.2) is 9.84 Å². The van der Waals surface area contributed by atoms with E-state index in [-0.39, 0.29) is 36.7 Å². The van der Waals surface area contributed by atoms with E-state index >= 15 is 0 Å². The summed E-state index contributed by atoms with van der Waals surface area (Å²) >= 11 is 0. The van der Waals surface area contributed by atoms with E-state index in [0.717, 1.165) is 11.0 Å². The van der Waals surface area contributed by atoms with Crippen LogP contribution in [-0.4, -0.2) is 43.9 Å². The first-order valence-corrected chi connectivity index (χ1v) is 9.01. The predicted molar refractivity (Wildman–Crippen MR) is 83.4 cm³/mol. The lowest BCUT2D eigenvalue weighted by molar-refractivity contribution is 0.197. The van der Waals surface area contributed by atoms with Gasteiger partial charge in [0.1, 0.15) is 11.3 Å². The molecule has 0 radical (unpaired) electrons. The molecule has 6 nitrogen and oxygen atoms in total. The third-order valence-electron chi connectivity index (χ3n) is 3.84. The summed E-state index contributed by atoms with van der Waals surface area (Å²) in [5.74, 6) is 0.734. The molecule has 22 heavy (non-hydrogen) atoms. The largest absolute Gasteiger partial charge is 0.459 e. The highest BCUT2D eigenvalue weighted by Gasteiger charge is 2.26. The van der Waals surface area contributed by atoms with Gasteiger partial charge in [-0.1, -0.05) is 18.2 Å². The van der Waals surface area contributed by atoms with E-state index in [9.17, 15) is 13.2 Å². The first-order chi connectivity index (χ1) is 10.4. The molecule has 1 N–H and O–H groups in total. The Labute approximate surface area is 129 Å². The number of sulfone groups is 1. The Kier molecular flexibility index (Phi) is 3.82. The molecule has 2 heterocycles. The summed E-state index contributed by atoms with van der Waals surface area (Å²) < 4.78 is 28.5. The van der Waals surface area contributed by atoms with Crippen LogP contribution in [0.4, 0.5) is 4.79 Å². The minimum atomic E-state index is -2.99. The Morgan fingerprint density at radius 1 is 1.27 bits per heavy atom. The summed E-state index contributed by atoms with van der Waals surface area (Å²) in [4.78, 5) is 13.7. The molecule has 118 valence electrons. The third-order valence-corrected chi connectivity index (χ3v) is 5.45. The first-order valence-electron chi connectivity index (χ1n) is 7.19. The van der Waals surface area contributed by atoms with Gasteiger partial charge in [-0.15, -0.1) is 0 Å². The Balaban J connectivity index is 1.66. The van der Waals surface area contributed by atoms with Crippen molar-refractivity contribution in [1.82, 2.24) is 10.2 Å². The van der Waals surface area contributed by atoms with E-state index in [4.69, 9.17) is 4.42 Å². The van der Waals surface area contributed by atoms with Crippen LogP contribution in [-0.2, 0) is 9.84 Å². The van der Waals surface area contributed by atoms with Crippen LogP contribution in [0.3, 0.4) is 0 Å². The standard InChI is InChI=1S/C15H18N2O4S/c1-11(14-10-12-4-2-3-5-13(12)21-14)16-15(18)17-6-8-22(19,20)9-7-17/h2-5,10-11H,6-9H2,1H3,(H,16,18). The number of hydrogen-bond acceptors (Lipinski definition) is 4. The number of hydrogen-bond donors (Lipinski definition) is 1. The highest BCUT2D eigenvalue weighted by molar-refractivity contribution is 7.91. The molecule has 0 saturated carbocycles. The van der Waals surface area contributed by atoms with Gasteiger partial charge in [-0.05, 0) is 19.1 Å². The number of furan rings is 1. The fourth-order valence-corrected chi connectivity index (χ4v) is 3.68. The summed E-state index contributed by atoms with van der Waals surface area (Å²) in [5, 5.41) is 3.84. The Bertz CT molecular complexity index is 750. The average Bonchev–Trinajstić information content (AvgIpc) is 2.91. The van der Waals surface area contributed by atoms with Crippen molar-refractivity contribution in [3.8, 4) is 0 Å². The van der Waals surface area contributed by atoms with Crippen molar-refractivity contribution in [1.29, 1.82) is 0 Å². The van der Waals surface area contributed by atoms with Crippen molar-refractivity contribution < 1.29 is 17.6 Å². The maximum absolute atomic E-state index is 12.2. The summed E-state index contributed by atoms with van der Waals surface area (Å²) in [6, 6.07) is 9.02. The number of nitrogens with one attached hydrogen (secondary N) is 1. The molecule has 1 aliphatic heterocycles. The van der Waals surface area contributed by atoms with Crippen molar-refractivity contribution >= 4 is 26.8 Å².